The van der Waals surface area contributed by atoms with Crippen LogP contribution in [0.4, 0.5) is 0 Å². The molecule has 0 fully saturated rings. The van der Waals surface area contributed by atoms with Crippen LogP contribution in [-0.4, -0.2) is 11.4 Å². The largest absolute Gasteiger partial charge is 0.488 e. The number of nitrogens with zero attached hydrogens (tertiary/aromatic N) is 2. The second kappa shape index (κ2) is 10.9. The molecule has 0 saturated heterocycles. The van der Waals surface area contributed by atoms with Crippen LogP contribution in [0.15, 0.2) is 83.0 Å². The number of benzene rings is 3. The van der Waals surface area contributed by atoms with Crippen molar-refractivity contribution in [3.05, 3.63) is 99.5 Å². The zero-order valence-corrected chi connectivity index (χ0v) is 17.8. The van der Waals surface area contributed by atoms with Crippen LogP contribution in [0.2, 0.25) is 10.0 Å². The molecule has 0 spiro atoms. The molecule has 0 aliphatic rings. The fraction of sp³-hybridized carbons (Fsp3) is 0.0909. The molecule has 0 atom stereocenters. The number of hydrogen-bond donors (Lipinski definition) is 1. The monoisotopic (exact) mass is 443 g/mol. The first kappa shape index (κ1) is 21.2. The summed E-state index contributed by atoms with van der Waals surface area (Å²) < 4.78 is 5.90. The van der Waals surface area contributed by atoms with Crippen LogP contribution >= 0.6 is 35.0 Å². The normalized spacial score (nSPS) is 11.7. The average Bonchev–Trinajstić information content (AvgIpc) is 2.72. The first-order chi connectivity index (χ1) is 14.1. The molecule has 0 heterocycles. The highest BCUT2D eigenvalue weighted by Crippen LogP contribution is 2.23. The van der Waals surface area contributed by atoms with Gasteiger partial charge in [0.1, 0.15) is 12.4 Å². The van der Waals surface area contributed by atoms with E-state index in [4.69, 9.17) is 33.7 Å². The van der Waals surface area contributed by atoms with Crippen LogP contribution in [0.5, 0.6) is 5.75 Å². The van der Waals surface area contributed by atoms with Gasteiger partial charge in [0.2, 0.25) is 0 Å². The van der Waals surface area contributed by atoms with E-state index in [2.05, 4.69) is 10.2 Å². The average molecular weight is 444 g/mol. The van der Waals surface area contributed by atoms with E-state index in [1.165, 1.54) is 17.3 Å². The van der Waals surface area contributed by atoms with Crippen LogP contribution in [0, 0.1) is 0 Å². The lowest BCUT2D eigenvalue weighted by Crippen LogP contribution is -2.06. The van der Waals surface area contributed by atoms with Crippen molar-refractivity contribution in [2.75, 3.05) is 0 Å². The Morgan fingerprint density at radius 3 is 2.48 bits per heavy atom. The minimum atomic E-state index is 0.376. The molecule has 0 radical (unpaired) electrons. The lowest BCUT2D eigenvalue weighted by atomic mass is 10.2. The fourth-order valence-electron chi connectivity index (χ4n) is 2.45. The van der Waals surface area contributed by atoms with Crippen molar-refractivity contribution in [3.8, 4) is 5.75 Å². The molecule has 2 N–H and O–H groups in total. The number of amidine groups is 1. The third-order valence-electron chi connectivity index (χ3n) is 3.84. The van der Waals surface area contributed by atoms with E-state index < -0.39 is 0 Å². The standard InChI is InChI=1S/C22H19Cl2N3OS/c23-19-8-4-7-17(11-19)14-28-21-10-9-20(24)12-18(21)13-26-27-22(25)29-15-16-5-2-1-3-6-16/h1-13H,14-15H2,(H2,25,27). The molecule has 3 aromatic rings. The Morgan fingerprint density at radius 1 is 0.931 bits per heavy atom. The van der Waals surface area contributed by atoms with Gasteiger partial charge in [-0.05, 0) is 41.5 Å². The van der Waals surface area contributed by atoms with E-state index in [0.29, 0.717) is 33.1 Å². The van der Waals surface area contributed by atoms with Gasteiger partial charge in [-0.25, -0.2) is 0 Å². The van der Waals surface area contributed by atoms with Crippen molar-refractivity contribution in [1.29, 1.82) is 0 Å². The fourth-order valence-corrected chi connectivity index (χ4v) is 3.45. The second-order valence-electron chi connectivity index (χ2n) is 6.06. The summed E-state index contributed by atoms with van der Waals surface area (Å²) in [4.78, 5) is 0. The predicted molar refractivity (Wildman–Crippen MR) is 124 cm³/mol. The SMILES string of the molecule is NC(=NN=Cc1cc(Cl)ccc1OCc1cccc(Cl)c1)SCc1ccccc1. The first-order valence-corrected chi connectivity index (χ1v) is 10.5. The molecule has 0 aliphatic carbocycles. The number of halogens is 2. The second-order valence-corrected chi connectivity index (χ2v) is 7.93. The lowest BCUT2D eigenvalue weighted by molar-refractivity contribution is 0.306. The van der Waals surface area contributed by atoms with Crippen LogP contribution in [0.1, 0.15) is 16.7 Å². The Balaban J connectivity index is 1.63. The molecule has 29 heavy (non-hydrogen) atoms. The van der Waals surface area contributed by atoms with Crippen LogP contribution < -0.4 is 10.5 Å². The molecule has 0 unspecified atom stereocenters. The Kier molecular flexibility index (Phi) is 7.99. The molecule has 7 heteroatoms. The summed E-state index contributed by atoms with van der Waals surface area (Å²) in [6, 6.07) is 22.9. The molecule has 4 nitrogen and oxygen atoms in total. The molecule has 148 valence electrons. The molecule has 3 aromatic carbocycles. The van der Waals surface area contributed by atoms with E-state index in [9.17, 15) is 0 Å². The van der Waals surface area contributed by atoms with Gasteiger partial charge in [-0.3, -0.25) is 0 Å². The van der Waals surface area contributed by atoms with Gasteiger partial charge in [0, 0.05) is 21.4 Å². The van der Waals surface area contributed by atoms with Gasteiger partial charge in [0.05, 0.1) is 6.21 Å². The van der Waals surface area contributed by atoms with Gasteiger partial charge in [0.25, 0.3) is 0 Å². The third kappa shape index (κ3) is 7.13. The Morgan fingerprint density at radius 2 is 1.69 bits per heavy atom. The van der Waals surface area contributed by atoms with Gasteiger partial charge < -0.3 is 10.5 Å². The quantitative estimate of drug-likeness (QED) is 0.270. The summed E-state index contributed by atoms with van der Waals surface area (Å²) >= 11 is 13.6. The van der Waals surface area contributed by atoms with Crippen molar-refractivity contribution in [1.82, 2.24) is 0 Å². The van der Waals surface area contributed by atoms with Gasteiger partial charge in [0.15, 0.2) is 5.17 Å². The molecular weight excluding hydrogens is 425 g/mol. The maximum Gasteiger partial charge on any atom is 0.180 e. The van der Waals surface area contributed by atoms with E-state index in [1.54, 1.807) is 24.4 Å². The molecule has 0 saturated carbocycles. The van der Waals surface area contributed by atoms with Crippen LogP contribution in [0.3, 0.4) is 0 Å². The molecule has 0 amide bonds. The summed E-state index contributed by atoms with van der Waals surface area (Å²) in [6.07, 6.45) is 1.58. The van der Waals surface area contributed by atoms with Crippen LogP contribution in [0.25, 0.3) is 0 Å². The van der Waals surface area contributed by atoms with Crippen molar-refractivity contribution in [2.45, 2.75) is 12.4 Å². The minimum Gasteiger partial charge on any atom is -0.488 e. The highest BCUT2D eigenvalue weighted by molar-refractivity contribution is 8.13. The lowest BCUT2D eigenvalue weighted by Gasteiger charge is -2.09. The smallest absolute Gasteiger partial charge is 0.180 e. The summed E-state index contributed by atoms with van der Waals surface area (Å²) in [5.74, 6) is 1.38. The van der Waals surface area contributed by atoms with E-state index in [0.717, 1.165) is 11.3 Å². The molecule has 3 rings (SSSR count). The van der Waals surface area contributed by atoms with Gasteiger partial charge >= 0.3 is 0 Å². The highest BCUT2D eigenvalue weighted by Gasteiger charge is 2.04. The molecule has 0 aromatic heterocycles. The maximum absolute atomic E-state index is 6.11. The first-order valence-electron chi connectivity index (χ1n) is 8.80. The van der Waals surface area contributed by atoms with Crippen molar-refractivity contribution in [3.63, 3.8) is 0 Å². The Bertz CT molecular complexity index is 1010. The van der Waals surface area contributed by atoms with Gasteiger partial charge in [-0.2, -0.15) is 5.10 Å². The minimum absolute atomic E-state index is 0.376. The third-order valence-corrected chi connectivity index (χ3v) is 5.16. The van der Waals surface area contributed by atoms with Gasteiger partial charge in [-0.15, -0.1) is 5.10 Å². The zero-order valence-electron chi connectivity index (χ0n) is 15.5. The number of hydrogen-bond acceptors (Lipinski definition) is 4. The van der Waals surface area contributed by atoms with E-state index in [1.807, 2.05) is 54.6 Å². The topological polar surface area (TPSA) is 60.0 Å². The number of rotatable bonds is 7. The number of nitrogens with two attached hydrogens (primary N) is 1. The summed E-state index contributed by atoms with van der Waals surface area (Å²) in [6.45, 7) is 0.376. The molecule has 0 bridgehead atoms. The Labute approximate surface area is 184 Å². The predicted octanol–water partition coefficient (Wildman–Crippen LogP) is 6.15. The van der Waals surface area contributed by atoms with Gasteiger partial charge in [-0.1, -0.05) is 77.4 Å². The number of ether oxygens (including phenoxy) is 1. The summed E-state index contributed by atoms with van der Waals surface area (Å²) in [7, 11) is 0. The van der Waals surface area contributed by atoms with Crippen molar-refractivity contribution in [2.24, 2.45) is 15.9 Å². The summed E-state index contributed by atoms with van der Waals surface area (Å²) in [5.41, 5.74) is 8.78. The van der Waals surface area contributed by atoms with Crippen molar-refractivity contribution >= 4 is 46.3 Å². The maximum atomic E-state index is 6.11. The van der Waals surface area contributed by atoms with Crippen molar-refractivity contribution < 1.29 is 4.74 Å². The van der Waals surface area contributed by atoms with E-state index >= 15 is 0 Å². The zero-order chi connectivity index (χ0) is 20.5. The highest BCUT2D eigenvalue weighted by atomic mass is 35.5. The van der Waals surface area contributed by atoms with Crippen LogP contribution in [-0.2, 0) is 12.4 Å². The molecule has 0 aliphatic heterocycles. The van der Waals surface area contributed by atoms with E-state index in [-0.39, 0.29) is 0 Å². The Hall–Kier alpha value is -2.47. The summed E-state index contributed by atoms with van der Waals surface area (Å²) in [5, 5.41) is 9.76. The number of thioether (sulfide) groups is 1. The molecular formula is C22H19Cl2N3OS.